The number of anilines is 1. The van der Waals surface area contributed by atoms with E-state index in [1.165, 1.54) is 18.3 Å². The fourth-order valence-electron chi connectivity index (χ4n) is 2.00. The molecule has 0 fully saturated rings. The molecule has 0 atom stereocenters. The molecule has 0 aliphatic carbocycles. The van der Waals surface area contributed by atoms with Gasteiger partial charge in [0.05, 0.1) is 17.5 Å². The number of alkyl halides is 3. The molecule has 0 radical (unpaired) electrons. The molecule has 3 aromatic rings. The van der Waals surface area contributed by atoms with Crippen molar-refractivity contribution in [2.45, 2.75) is 11.3 Å². The fourth-order valence-corrected chi connectivity index (χ4v) is 2.66. The number of nitrogens with zero attached hydrogens (tertiary/aromatic N) is 2. The lowest BCUT2D eigenvalue weighted by Crippen LogP contribution is -2.16. The minimum Gasteiger partial charge on any atom is -0.325 e. The summed E-state index contributed by atoms with van der Waals surface area (Å²) in [5.41, 5.74) is -0.941. The van der Waals surface area contributed by atoms with Gasteiger partial charge in [0.2, 0.25) is 5.91 Å². The maximum Gasteiger partial charge on any atom is 0.416 e. The number of nitrogens with one attached hydrogen (secondary N) is 3. The van der Waals surface area contributed by atoms with Crippen LogP contribution in [0.5, 0.6) is 0 Å². The number of amides is 1. The summed E-state index contributed by atoms with van der Waals surface area (Å²) in [7, 11) is 0. The van der Waals surface area contributed by atoms with E-state index in [0.717, 1.165) is 23.9 Å². The molecule has 3 N–H and O–H groups in total. The van der Waals surface area contributed by atoms with E-state index in [1.807, 2.05) is 0 Å². The first-order chi connectivity index (χ1) is 11.8. The third-order valence-corrected chi connectivity index (χ3v) is 3.98. The number of H-pyrrole nitrogens is 2. The third-order valence-electron chi connectivity index (χ3n) is 3.11. The lowest BCUT2D eigenvalue weighted by molar-refractivity contribution is -0.137. The van der Waals surface area contributed by atoms with Gasteiger partial charge in [-0.15, -0.1) is 0 Å². The average Bonchev–Trinajstić information content (AvgIpc) is 3.01. The summed E-state index contributed by atoms with van der Waals surface area (Å²) >= 11 is 0.941. The highest BCUT2D eigenvalue weighted by Gasteiger charge is 2.30. The van der Waals surface area contributed by atoms with Crippen LogP contribution in [-0.2, 0) is 11.0 Å². The fraction of sp³-hybridized carbons (Fsp3) is 0.143. The molecule has 0 aliphatic rings. The second-order valence-electron chi connectivity index (χ2n) is 4.92. The second-order valence-corrected chi connectivity index (χ2v) is 5.88. The van der Waals surface area contributed by atoms with Crippen LogP contribution in [0.1, 0.15) is 5.56 Å². The Morgan fingerprint density at radius 3 is 2.88 bits per heavy atom. The Labute approximate surface area is 142 Å². The van der Waals surface area contributed by atoms with Gasteiger partial charge < -0.3 is 10.3 Å². The standard InChI is InChI=1S/C14H10F3N5O2S/c15-14(16,17)7-2-1-3-8(4-7)19-10(23)6-25-13-20-11-9(5-18-22-11)12(24)21-13/h1-5H,6H2,(H,19,23)(H2,18,20,21,22,24). The van der Waals surface area contributed by atoms with E-state index in [4.69, 9.17) is 0 Å². The Balaban J connectivity index is 1.65. The number of hydrogen-bond donors (Lipinski definition) is 3. The maximum absolute atomic E-state index is 12.6. The van der Waals surface area contributed by atoms with Crippen LogP contribution in [0.15, 0.2) is 40.4 Å². The molecule has 0 aliphatic heterocycles. The summed E-state index contributed by atoms with van der Waals surface area (Å²) in [6.45, 7) is 0. The summed E-state index contributed by atoms with van der Waals surface area (Å²) in [6.07, 6.45) is -3.16. The molecular weight excluding hydrogens is 359 g/mol. The minimum absolute atomic E-state index is 0.0332. The zero-order chi connectivity index (χ0) is 18.0. The number of benzene rings is 1. The Hall–Kier alpha value is -2.82. The van der Waals surface area contributed by atoms with Crippen LogP contribution in [0.25, 0.3) is 11.0 Å². The molecule has 2 heterocycles. The summed E-state index contributed by atoms with van der Waals surface area (Å²) in [6, 6.07) is 4.32. The van der Waals surface area contributed by atoms with Crippen molar-refractivity contribution in [2.75, 3.05) is 11.1 Å². The van der Waals surface area contributed by atoms with Crippen LogP contribution in [0.4, 0.5) is 18.9 Å². The molecule has 0 spiro atoms. The number of carbonyl (C=O) groups is 1. The molecule has 0 bridgehead atoms. The highest BCUT2D eigenvalue weighted by molar-refractivity contribution is 7.99. The quantitative estimate of drug-likeness (QED) is 0.484. The number of carbonyl (C=O) groups excluding carboxylic acids is 1. The second kappa shape index (κ2) is 6.59. The van der Waals surface area contributed by atoms with Gasteiger partial charge in [-0.05, 0) is 18.2 Å². The molecule has 1 aromatic carbocycles. The van der Waals surface area contributed by atoms with Crippen LogP contribution < -0.4 is 10.9 Å². The third kappa shape index (κ3) is 3.99. The first-order valence-corrected chi connectivity index (χ1v) is 7.85. The topological polar surface area (TPSA) is 104 Å². The summed E-state index contributed by atoms with van der Waals surface area (Å²) < 4.78 is 37.9. The van der Waals surface area contributed by atoms with E-state index < -0.39 is 23.2 Å². The van der Waals surface area contributed by atoms with Crippen molar-refractivity contribution >= 4 is 34.4 Å². The number of aromatic nitrogens is 4. The van der Waals surface area contributed by atoms with Crippen molar-refractivity contribution in [2.24, 2.45) is 0 Å². The van der Waals surface area contributed by atoms with Crippen molar-refractivity contribution in [3.8, 4) is 0 Å². The first kappa shape index (κ1) is 17.0. The molecule has 0 saturated carbocycles. The van der Waals surface area contributed by atoms with Gasteiger partial charge in [0.25, 0.3) is 5.56 Å². The number of thioether (sulfide) groups is 1. The summed E-state index contributed by atoms with van der Waals surface area (Å²) in [4.78, 5) is 30.2. The zero-order valence-electron chi connectivity index (χ0n) is 12.3. The predicted molar refractivity (Wildman–Crippen MR) is 85.3 cm³/mol. The number of fused-ring (bicyclic) bond motifs is 1. The van der Waals surface area contributed by atoms with Gasteiger partial charge in [0.1, 0.15) is 5.39 Å². The van der Waals surface area contributed by atoms with E-state index in [1.54, 1.807) is 0 Å². The molecule has 0 saturated heterocycles. The van der Waals surface area contributed by atoms with Gasteiger partial charge in [-0.3, -0.25) is 14.7 Å². The van der Waals surface area contributed by atoms with Crippen LogP contribution in [0.2, 0.25) is 0 Å². The number of rotatable bonds is 4. The van der Waals surface area contributed by atoms with Crippen molar-refractivity contribution < 1.29 is 18.0 Å². The normalized spacial score (nSPS) is 11.6. The van der Waals surface area contributed by atoms with Crippen molar-refractivity contribution in [1.29, 1.82) is 0 Å². The van der Waals surface area contributed by atoms with Gasteiger partial charge in [0.15, 0.2) is 10.8 Å². The molecule has 130 valence electrons. The van der Waals surface area contributed by atoms with E-state index in [-0.39, 0.29) is 27.6 Å². The smallest absolute Gasteiger partial charge is 0.325 e. The van der Waals surface area contributed by atoms with Crippen molar-refractivity contribution in [1.82, 2.24) is 20.2 Å². The van der Waals surface area contributed by atoms with E-state index in [2.05, 4.69) is 25.5 Å². The number of hydrogen-bond acceptors (Lipinski definition) is 5. The Morgan fingerprint density at radius 2 is 2.12 bits per heavy atom. The van der Waals surface area contributed by atoms with Gasteiger partial charge >= 0.3 is 6.18 Å². The molecule has 3 rings (SSSR count). The van der Waals surface area contributed by atoms with E-state index >= 15 is 0 Å². The van der Waals surface area contributed by atoms with Crippen LogP contribution in [0, 0.1) is 0 Å². The van der Waals surface area contributed by atoms with Gasteiger partial charge in [-0.2, -0.15) is 18.3 Å². The Morgan fingerprint density at radius 1 is 1.32 bits per heavy atom. The first-order valence-electron chi connectivity index (χ1n) is 6.86. The highest BCUT2D eigenvalue weighted by Crippen LogP contribution is 2.30. The average molecular weight is 369 g/mol. The SMILES string of the molecule is O=C(CSc1nc2[nH]ncc2c(=O)[nH]1)Nc1cccc(C(F)(F)F)c1. The molecule has 7 nitrogen and oxygen atoms in total. The summed E-state index contributed by atoms with van der Waals surface area (Å²) in [5.74, 6) is -0.671. The Bertz CT molecular complexity index is 982. The number of halogens is 3. The highest BCUT2D eigenvalue weighted by atomic mass is 32.2. The van der Waals surface area contributed by atoms with Crippen molar-refractivity contribution in [3.05, 3.63) is 46.4 Å². The maximum atomic E-state index is 12.6. The molecule has 1 amide bonds. The largest absolute Gasteiger partial charge is 0.416 e. The molecule has 25 heavy (non-hydrogen) atoms. The molecule has 0 unspecified atom stereocenters. The van der Waals surface area contributed by atoms with Crippen LogP contribution in [-0.4, -0.2) is 31.8 Å². The van der Waals surface area contributed by atoms with Gasteiger partial charge in [-0.1, -0.05) is 17.8 Å². The van der Waals surface area contributed by atoms with E-state index in [9.17, 15) is 22.8 Å². The Kier molecular flexibility index (Phi) is 4.49. The van der Waals surface area contributed by atoms with Gasteiger partial charge in [0, 0.05) is 5.69 Å². The zero-order valence-corrected chi connectivity index (χ0v) is 13.2. The monoisotopic (exact) mass is 369 g/mol. The van der Waals surface area contributed by atoms with E-state index in [0.29, 0.717) is 0 Å². The minimum atomic E-state index is -4.49. The number of aromatic amines is 2. The van der Waals surface area contributed by atoms with Crippen molar-refractivity contribution in [3.63, 3.8) is 0 Å². The van der Waals surface area contributed by atoms with Gasteiger partial charge in [-0.25, -0.2) is 4.98 Å². The molecule has 11 heteroatoms. The van der Waals surface area contributed by atoms with Crippen LogP contribution >= 0.6 is 11.8 Å². The summed E-state index contributed by atoms with van der Waals surface area (Å²) in [5, 5.41) is 9.10. The van der Waals surface area contributed by atoms with Crippen LogP contribution in [0.3, 0.4) is 0 Å². The lowest BCUT2D eigenvalue weighted by Gasteiger charge is -2.09. The molecular formula is C14H10F3N5O2S. The predicted octanol–water partition coefficient (Wildman–Crippen LogP) is 2.40. The molecule has 2 aromatic heterocycles. The lowest BCUT2D eigenvalue weighted by atomic mass is 10.2.